The zero-order chi connectivity index (χ0) is 17.7. The molecule has 0 saturated heterocycles. The van der Waals surface area contributed by atoms with Gasteiger partial charge < -0.3 is 9.13 Å². The maximum atomic E-state index is 12.5. The van der Waals surface area contributed by atoms with Gasteiger partial charge in [0.15, 0.2) is 0 Å². The molecule has 3 aromatic rings. The lowest BCUT2D eigenvalue weighted by Gasteiger charge is -2.15. The third-order valence-corrected chi connectivity index (χ3v) is 6.45. The van der Waals surface area contributed by atoms with E-state index in [2.05, 4.69) is 10.2 Å². The first-order valence-corrected chi connectivity index (χ1v) is 9.70. The molecule has 2 fully saturated rings. The van der Waals surface area contributed by atoms with Crippen LogP contribution in [0.25, 0.3) is 10.6 Å². The Morgan fingerprint density at radius 3 is 2.50 bits per heavy atom. The average Bonchev–Trinajstić information content (AvgIpc) is 3.06. The van der Waals surface area contributed by atoms with Gasteiger partial charge in [0.05, 0.1) is 6.54 Å². The molecule has 132 valence electrons. The van der Waals surface area contributed by atoms with E-state index in [-0.39, 0.29) is 12.6 Å². The number of hydrogen-bond acceptors (Lipinski definition) is 5. The van der Waals surface area contributed by atoms with Crippen LogP contribution in [0.2, 0.25) is 0 Å². The Hall–Kier alpha value is -2.54. The van der Waals surface area contributed by atoms with Crippen molar-refractivity contribution in [2.24, 2.45) is 11.8 Å². The summed E-state index contributed by atoms with van der Waals surface area (Å²) in [7, 11) is 0. The van der Waals surface area contributed by atoms with E-state index in [9.17, 15) is 9.59 Å². The van der Waals surface area contributed by atoms with Gasteiger partial charge in [-0.3, -0.25) is 9.59 Å². The predicted octanol–water partition coefficient (Wildman–Crippen LogP) is 2.55. The highest BCUT2D eigenvalue weighted by atomic mass is 32.1. The van der Waals surface area contributed by atoms with Crippen LogP contribution in [-0.4, -0.2) is 19.3 Å². The van der Waals surface area contributed by atoms with Crippen molar-refractivity contribution in [1.82, 2.24) is 19.3 Å². The van der Waals surface area contributed by atoms with Gasteiger partial charge in [0.2, 0.25) is 0 Å². The third kappa shape index (κ3) is 2.72. The molecule has 1 aromatic carbocycles. The van der Waals surface area contributed by atoms with Gasteiger partial charge in [0.25, 0.3) is 0 Å². The Morgan fingerprint density at radius 2 is 1.73 bits per heavy atom. The summed E-state index contributed by atoms with van der Waals surface area (Å²) in [5.74, 6) is 1.54. The van der Waals surface area contributed by atoms with E-state index in [1.165, 1.54) is 22.3 Å². The molecule has 26 heavy (non-hydrogen) atoms. The van der Waals surface area contributed by atoms with E-state index in [1.54, 1.807) is 17.0 Å². The number of aromatic nitrogens is 4. The van der Waals surface area contributed by atoms with Crippen molar-refractivity contribution in [2.45, 2.75) is 31.8 Å². The fourth-order valence-electron chi connectivity index (χ4n) is 4.00. The molecule has 2 aromatic heterocycles. The Kier molecular flexibility index (Phi) is 3.63. The zero-order valence-electron chi connectivity index (χ0n) is 14.1. The first kappa shape index (κ1) is 15.7. The molecular formula is C19H18N4O2S. The van der Waals surface area contributed by atoms with E-state index >= 15 is 0 Å². The highest BCUT2D eigenvalue weighted by Gasteiger charge is 2.46. The van der Waals surface area contributed by atoms with Gasteiger partial charge in [0, 0.05) is 24.0 Å². The maximum absolute atomic E-state index is 12.5. The zero-order valence-corrected chi connectivity index (χ0v) is 14.9. The van der Waals surface area contributed by atoms with Gasteiger partial charge in [-0.1, -0.05) is 41.7 Å². The molecular weight excluding hydrogens is 348 g/mol. The van der Waals surface area contributed by atoms with Crippen molar-refractivity contribution in [3.8, 4) is 10.6 Å². The quantitative estimate of drug-likeness (QED) is 0.666. The first-order chi connectivity index (χ1) is 12.7. The minimum atomic E-state index is -0.482. The summed E-state index contributed by atoms with van der Waals surface area (Å²) in [4.78, 5) is 25.0. The summed E-state index contributed by atoms with van der Waals surface area (Å²) in [6, 6.07) is 10.0. The Bertz CT molecular complexity index is 1060. The van der Waals surface area contributed by atoms with Gasteiger partial charge in [-0.15, -0.1) is 10.2 Å². The number of rotatable bonds is 4. The molecule has 0 bridgehead atoms. The van der Waals surface area contributed by atoms with Crippen molar-refractivity contribution in [2.75, 3.05) is 0 Å². The second-order valence-electron chi connectivity index (χ2n) is 7.19. The van der Waals surface area contributed by atoms with Crippen LogP contribution in [0.4, 0.5) is 0 Å². The summed E-state index contributed by atoms with van der Waals surface area (Å²) in [5.41, 5.74) is 0.0925. The second kappa shape index (κ2) is 6.02. The van der Waals surface area contributed by atoms with Gasteiger partial charge in [-0.05, 0) is 31.1 Å². The number of nitrogens with zero attached hydrogens (tertiary/aromatic N) is 4. The fourth-order valence-corrected chi connectivity index (χ4v) is 4.85. The lowest BCUT2D eigenvalue weighted by atomic mass is 10.1. The third-order valence-electron chi connectivity index (χ3n) is 5.49. The van der Waals surface area contributed by atoms with Crippen LogP contribution >= 0.6 is 11.3 Å². The van der Waals surface area contributed by atoms with Crippen LogP contribution < -0.4 is 11.1 Å². The SMILES string of the molecule is O=c1c(=O)n(C2CC3CC3C2)ccn1Cc1nnc(-c2ccccc2)s1. The van der Waals surface area contributed by atoms with Crippen molar-refractivity contribution in [1.29, 1.82) is 0 Å². The molecule has 0 aliphatic heterocycles. The lowest BCUT2D eigenvalue weighted by molar-refractivity contribution is 0.445. The highest BCUT2D eigenvalue weighted by molar-refractivity contribution is 7.14. The van der Waals surface area contributed by atoms with Crippen molar-refractivity contribution in [3.05, 3.63) is 68.4 Å². The summed E-state index contributed by atoms with van der Waals surface area (Å²) in [5, 5.41) is 9.90. The maximum Gasteiger partial charge on any atom is 0.316 e. The van der Waals surface area contributed by atoms with Gasteiger partial charge in [-0.25, -0.2) is 0 Å². The summed E-state index contributed by atoms with van der Waals surface area (Å²) >= 11 is 1.44. The smallest absolute Gasteiger partial charge is 0.306 e. The molecule has 2 saturated carbocycles. The van der Waals surface area contributed by atoms with Gasteiger partial charge in [0.1, 0.15) is 10.0 Å². The molecule has 6 nitrogen and oxygen atoms in total. The van der Waals surface area contributed by atoms with Crippen LogP contribution in [0, 0.1) is 11.8 Å². The molecule has 2 aliphatic rings. The minimum absolute atomic E-state index is 0.194. The Morgan fingerprint density at radius 1 is 0.962 bits per heavy atom. The van der Waals surface area contributed by atoms with Crippen LogP contribution in [0.5, 0.6) is 0 Å². The molecule has 2 aliphatic carbocycles. The molecule has 0 amide bonds. The lowest BCUT2D eigenvalue weighted by Crippen LogP contribution is -2.41. The number of hydrogen-bond donors (Lipinski definition) is 0. The van der Waals surface area contributed by atoms with Crippen LogP contribution in [0.15, 0.2) is 52.3 Å². The standard InChI is InChI=1S/C19H18N4O2S/c24-18-19(25)23(15-9-13-8-14(13)10-15)7-6-22(18)11-16-20-21-17(26-16)12-4-2-1-3-5-12/h1-7,13-15H,8-11H2. The van der Waals surface area contributed by atoms with Crippen molar-refractivity contribution >= 4 is 11.3 Å². The van der Waals surface area contributed by atoms with E-state index in [0.29, 0.717) is 5.01 Å². The van der Waals surface area contributed by atoms with E-state index < -0.39 is 11.1 Å². The van der Waals surface area contributed by atoms with E-state index in [1.807, 2.05) is 30.3 Å². The molecule has 0 radical (unpaired) electrons. The minimum Gasteiger partial charge on any atom is -0.306 e. The molecule has 2 heterocycles. The van der Waals surface area contributed by atoms with Crippen LogP contribution in [-0.2, 0) is 6.54 Å². The van der Waals surface area contributed by atoms with Crippen molar-refractivity contribution < 1.29 is 0 Å². The first-order valence-electron chi connectivity index (χ1n) is 8.88. The second-order valence-corrected chi connectivity index (χ2v) is 8.25. The number of benzene rings is 1. The predicted molar refractivity (Wildman–Crippen MR) is 99.3 cm³/mol. The summed E-state index contributed by atoms with van der Waals surface area (Å²) in [6.45, 7) is 0.273. The molecule has 5 rings (SSSR count). The van der Waals surface area contributed by atoms with E-state index in [4.69, 9.17) is 0 Å². The fraction of sp³-hybridized carbons (Fsp3) is 0.368. The topological polar surface area (TPSA) is 69.8 Å². The molecule has 0 spiro atoms. The summed E-state index contributed by atoms with van der Waals surface area (Å²) < 4.78 is 3.07. The highest BCUT2D eigenvalue weighted by Crippen LogP contribution is 2.55. The number of fused-ring (bicyclic) bond motifs is 1. The molecule has 2 unspecified atom stereocenters. The molecule has 0 N–H and O–H groups in total. The Labute approximate surface area is 153 Å². The van der Waals surface area contributed by atoms with Gasteiger partial charge in [-0.2, -0.15) is 0 Å². The summed E-state index contributed by atoms with van der Waals surface area (Å²) in [6.07, 6.45) is 6.83. The molecule has 7 heteroatoms. The Balaban J connectivity index is 1.39. The largest absolute Gasteiger partial charge is 0.316 e. The normalized spacial score (nSPS) is 23.8. The average molecular weight is 366 g/mol. The van der Waals surface area contributed by atoms with Crippen LogP contribution in [0.1, 0.15) is 30.3 Å². The van der Waals surface area contributed by atoms with E-state index in [0.717, 1.165) is 35.2 Å². The molecule has 2 atom stereocenters. The van der Waals surface area contributed by atoms with Gasteiger partial charge >= 0.3 is 11.1 Å². The van der Waals surface area contributed by atoms with Crippen LogP contribution in [0.3, 0.4) is 0 Å². The monoisotopic (exact) mass is 366 g/mol. The van der Waals surface area contributed by atoms with Crippen molar-refractivity contribution in [3.63, 3.8) is 0 Å².